The average Bonchev–Trinajstić information content (AvgIpc) is 2.92. The van der Waals surface area contributed by atoms with Crippen molar-refractivity contribution in [2.24, 2.45) is 5.73 Å². The van der Waals surface area contributed by atoms with Crippen LogP contribution < -0.4 is 20.9 Å². The van der Waals surface area contributed by atoms with E-state index in [1.54, 1.807) is 17.0 Å². The molecule has 0 saturated carbocycles. The topological polar surface area (TPSA) is 64.8 Å². The van der Waals surface area contributed by atoms with Crippen LogP contribution in [0, 0.1) is 5.82 Å². The minimum atomic E-state index is -0.251. The van der Waals surface area contributed by atoms with E-state index in [4.69, 9.17) is 5.73 Å². The van der Waals surface area contributed by atoms with Gasteiger partial charge in [0, 0.05) is 44.5 Å². The van der Waals surface area contributed by atoms with Gasteiger partial charge in [0.2, 0.25) is 5.91 Å². The number of amides is 1. The lowest BCUT2D eigenvalue weighted by Gasteiger charge is -2.36. The summed E-state index contributed by atoms with van der Waals surface area (Å²) in [6, 6.07) is 5.58. The summed E-state index contributed by atoms with van der Waals surface area (Å²) in [5, 5.41) is 3.23. The molecule has 2 aliphatic rings. The number of carbonyl (C=O) groups excluding carboxylic acids is 1. The molecule has 1 aromatic carbocycles. The summed E-state index contributed by atoms with van der Waals surface area (Å²) in [7, 11) is 0. The van der Waals surface area contributed by atoms with Gasteiger partial charge in [0.15, 0.2) is 0 Å². The van der Waals surface area contributed by atoms with Crippen LogP contribution >= 0.6 is 0 Å². The number of hydrogen-bond donors (Lipinski definition) is 2. The van der Waals surface area contributed by atoms with Gasteiger partial charge in [0.1, 0.15) is 5.82 Å². The van der Waals surface area contributed by atoms with E-state index >= 15 is 0 Å². The van der Waals surface area contributed by atoms with Gasteiger partial charge in [-0.2, -0.15) is 0 Å². The second-order valence-electron chi connectivity index (χ2n) is 6.31. The maximum atomic E-state index is 14.6. The number of carbonyl (C=O) groups is 1. The zero-order valence-electron chi connectivity index (χ0n) is 14.0. The van der Waals surface area contributed by atoms with Crippen molar-refractivity contribution in [1.29, 1.82) is 0 Å². The lowest BCUT2D eigenvalue weighted by Crippen LogP contribution is -2.50. The van der Waals surface area contributed by atoms with Crippen LogP contribution in [0.15, 0.2) is 30.6 Å². The Labute approximate surface area is 141 Å². The van der Waals surface area contributed by atoms with E-state index in [0.29, 0.717) is 37.9 Å². The van der Waals surface area contributed by atoms with Crippen molar-refractivity contribution in [3.8, 4) is 0 Å². The minimum Gasteiger partial charge on any atom is -0.368 e. The second kappa shape index (κ2) is 6.68. The fourth-order valence-electron chi connectivity index (χ4n) is 3.30. The van der Waals surface area contributed by atoms with E-state index in [9.17, 15) is 9.18 Å². The highest BCUT2D eigenvalue weighted by atomic mass is 19.1. The molecule has 130 valence electrons. The maximum Gasteiger partial charge on any atom is 0.236 e. The Morgan fingerprint density at radius 1 is 1.38 bits per heavy atom. The van der Waals surface area contributed by atoms with E-state index in [-0.39, 0.29) is 18.3 Å². The summed E-state index contributed by atoms with van der Waals surface area (Å²) in [5.41, 5.74) is 6.76. The monoisotopic (exact) mass is 333 g/mol. The van der Waals surface area contributed by atoms with Crippen molar-refractivity contribution < 1.29 is 9.18 Å². The number of piperazine rings is 1. The number of halogens is 1. The van der Waals surface area contributed by atoms with Crippen molar-refractivity contribution >= 4 is 17.3 Å². The normalized spacial score (nSPS) is 21.2. The Hall–Kier alpha value is -2.28. The number of nitrogens with one attached hydrogen (secondary N) is 1. The number of anilines is 2. The van der Waals surface area contributed by atoms with Gasteiger partial charge in [-0.1, -0.05) is 6.58 Å². The average molecular weight is 333 g/mol. The molecule has 1 amide bonds. The lowest BCUT2D eigenvalue weighted by molar-refractivity contribution is -0.129. The molecule has 2 fully saturated rings. The summed E-state index contributed by atoms with van der Waals surface area (Å²) < 4.78 is 14.6. The Kier molecular flexibility index (Phi) is 4.62. The molecule has 0 aliphatic carbocycles. The first-order chi connectivity index (χ1) is 11.5. The zero-order chi connectivity index (χ0) is 17.3. The van der Waals surface area contributed by atoms with Crippen molar-refractivity contribution in [3.05, 3.63) is 36.4 Å². The van der Waals surface area contributed by atoms with Gasteiger partial charge in [-0.15, -0.1) is 0 Å². The molecule has 1 atom stereocenters. The highest BCUT2D eigenvalue weighted by Gasteiger charge is 2.25. The molecule has 0 spiro atoms. The van der Waals surface area contributed by atoms with Gasteiger partial charge in [0.05, 0.1) is 18.1 Å². The molecule has 0 bridgehead atoms. The number of nitrogens with two attached hydrogens (primary N) is 1. The first-order valence-electron chi connectivity index (χ1n) is 8.25. The van der Waals surface area contributed by atoms with Gasteiger partial charge in [-0.25, -0.2) is 4.39 Å². The van der Waals surface area contributed by atoms with Crippen molar-refractivity contribution in [2.75, 3.05) is 49.1 Å². The van der Waals surface area contributed by atoms with E-state index < -0.39 is 0 Å². The zero-order valence-corrected chi connectivity index (χ0v) is 14.0. The molecule has 3 N–H and O–H groups in total. The third-order valence-electron chi connectivity index (χ3n) is 4.59. The minimum absolute atomic E-state index is 0.0231. The molecular weight excluding hydrogens is 309 g/mol. The van der Waals surface area contributed by atoms with Gasteiger partial charge in [-0.3, -0.25) is 4.79 Å². The molecule has 2 heterocycles. The molecule has 0 radical (unpaired) electrons. The Morgan fingerprint density at radius 2 is 2.08 bits per heavy atom. The highest BCUT2D eigenvalue weighted by molar-refractivity contribution is 5.78. The molecular formula is C17H24FN5O. The first-order valence-corrected chi connectivity index (χ1v) is 8.25. The Morgan fingerprint density at radius 3 is 2.62 bits per heavy atom. The van der Waals surface area contributed by atoms with Crippen LogP contribution in [0.4, 0.5) is 15.8 Å². The van der Waals surface area contributed by atoms with E-state index in [2.05, 4.69) is 18.8 Å². The van der Waals surface area contributed by atoms with E-state index in [1.165, 1.54) is 0 Å². The molecule has 3 rings (SSSR count). The molecule has 2 saturated heterocycles. The van der Waals surface area contributed by atoms with Gasteiger partial charge >= 0.3 is 0 Å². The molecule has 7 heteroatoms. The van der Waals surface area contributed by atoms with Crippen molar-refractivity contribution in [3.63, 3.8) is 0 Å². The predicted octanol–water partition coefficient (Wildman–Crippen LogP) is 0.702. The largest absolute Gasteiger partial charge is 0.368 e. The first kappa shape index (κ1) is 16.6. The molecule has 2 aliphatic heterocycles. The van der Waals surface area contributed by atoms with Crippen LogP contribution in [0.2, 0.25) is 0 Å². The molecule has 0 aromatic heterocycles. The SMILES string of the molecule is C=C1NC(C)CN1c1ccc(N2CCN(C(=O)CN)CC2)c(F)c1. The molecule has 1 aromatic rings. The fraction of sp³-hybridized carbons (Fsp3) is 0.471. The van der Waals surface area contributed by atoms with E-state index in [0.717, 1.165) is 18.1 Å². The Balaban J connectivity index is 1.70. The van der Waals surface area contributed by atoms with Crippen molar-refractivity contribution in [1.82, 2.24) is 10.2 Å². The fourth-order valence-corrected chi connectivity index (χ4v) is 3.30. The van der Waals surface area contributed by atoms with Crippen LogP contribution in [-0.4, -0.2) is 56.1 Å². The summed E-state index contributed by atoms with van der Waals surface area (Å²) in [6.45, 7) is 9.20. The summed E-state index contributed by atoms with van der Waals surface area (Å²) in [4.78, 5) is 17.3. The van der Waals surface area contributed by atoms with Crippen LogP contribution in [0.25, 0.3) is 0 Å². The molecule has 24 heavy (non-hydrogen) atoms. The molecule has 1 unspecified atom stereocenters. The number of rotatable bonds is 3. The second-order valence-corrected chi connectivity index (χ2v) is 6.31. The summed E-state index contributed by atoms with van der Waals surface area (Å²) in [5.74, 6) is 0.488. The third-order valence-corrected chi connectivity index (χ3v) is 4.59. The van der Waals surface area contributed by atoms with Gasteiger partial charge in [0.25, 0.3) is 0 Å². The van der Waals surface area contributed by atoms with Crippen LogP contribution in [-0.2, 0) is 4.79 Å². The quantitative estimate of drug-likeness (QED) is 0.853. The third kappa shape index (κ3) is 3.17. The highest BCUT2D eigenvalue weighted by Crippen LogP contribution is 2.28. The number of hydrogen-bond acceptors (Lipinski definition) is 5. The Bertz CT molecular complexity index is 642. The van der Waals surface area contributed by atoms with Gasteiger partial charge in [-0.05, 0) is 25.1 Å². The summed E-state index contributed by atoms with van der Waals surface area (Å²) in [6.07, 6.45) is 0. The number of benzene rings is 1. The molecule has 6 nitrogen and oxygen atoms in total. The van der Waals surface area contributed by atoms with E-state index in [1.807, 2.05) is 15.9 Å². The maximum absolute atomic E-state index is 14.6. The van der Waals surface area contributed by atoms with Crippen LogP contribution in [0.3, 0.4) is 0 Å². The standard InChI is InChI=1S/C17H24FN5O/c1-12-11-23(13(2)20-12)14-3-4-16(15(18)9-14)21-5-7-22(8-6-21)17(24)10-19/h3-4,9,12,20H,2,5-8,10-11,19H2,1H3. The lowest BCUT2D eigenvalue weighted by atomic mass is 10.2. The predicted molar refractivity (Wildman–Crippen MR) is 93.3 cm³/mol. The summed E-state index contributed by atoms with van der Waals surface area (Å²) >= 11 is 0. The van der Waals surface area contributed by atoms with Crippen LogP contribution in [0.1, 0.15) is 6.92 Å². The van der Waals surface area contributed by atoms with Gasteiger partial charge < -0.3 is 25.8 Å². The smallest absolute Gasteiger partial charge is 0.236 e. The van der Waals surface area contributed by atoms with Crippen molar-refractivity contribution in [2.45, 2.75) is 13.0 Å². The number of nitrogens with zero attached hydrogens (tertiary/aromatic N) is 3. The van der Waals surface area contributed by atoms with Crippen LogP contribution in [0.5, 0.6) is 0 Å².